The monoisotopic (exact) mass is 291 g/mol. The first-order chi connectivity index (χ1) is 10.1. The Balaban J connectivity index is 1.64. The third-order valence-corrected chi connectivity index (χ3v) is 2.93. The lowest BCUT2D eigenvalue weighted by molar-refractivity contribution is 0.0907. The third kappa shape index (κ3) is 3.10. The van der Waals surface area contributed by atoms with Crippen LogP contribution >= 0.6 is 0 Å². The fourth-order valence-electron chi connectivity index (χ4n) is 1.69. The van der Waals surface area contributed by atoms with E-state index in [9.17, 15) is 9.59 Å². The maximum Gasteiger partial charge on any atom is 0.316 e. The number of amides is 1. The molecule has 0 aromatic carbocycles. The molecule has 1 N–H and O–H groups in total. The minimum absolute atomic E-state index is 0.0875. The van der Waals surface area contributed by atoms with E-state index in [1.165, 1.54) is 12.3 Å². The first-order valence-corrected chi connectivity index (χ1v) is 6.48. The van der Waals surface area contributed by atoms with Gasteiger partial charge in [-0.2, -0.15) is 4.98 Å². The van der Waals surface area contributed by atoms with Crippen LogP contribution in [0.25, 0.3) is 0 Å². The van der Waals surface area contributed by atoms with Gasteiger partial charge in [0.05, 0.1) is 6.26 Å². The van der Waals surface area contributed by atoms with Crippen molar-refractivity contribution in [2.45, 2.75) is 32.4 Å². The summed E-state index contributed by atoms with van der Waals surface area (Å²) in [4.78, 5) is 27.2. The fourth-order valence-corrected chi connectivity index (χ4v) is 1.69. The molecule has 110 valence electrons. The van der Waals surface area contributed by atoms with Crippen LogP contribution in [0.1, 0.15) is 35.1 Å². The lowest BCUT2D eigenvalue weighted by atomic mass is 10.4. The Morgan fingerprint density at radius 1 is 1.52 bits per heavy atom. The highest BCUT2D eigenvalue weighted by molar-refractivity contribution is 5.89. The van der Waals surface area contributed by atoms with Gasteiger partial charge in [-0.3, -0.25) is 9.59 Å². The van der Waals surface area contributed by atoms with E-state index < -0.39 is 5.91 Å². The van der Waals surface area contributed by atoms with E-state index in [-0.39, 0.29) is 35.5 Å². The van der Waals surface area contributed by atoms with Gasteiger partial charge in [-0.25, -0.2) is 0 Å². The zero-order chi connectivity index (χ0) is 14.8. The molecule has 8 nitrogen and oxygen atoms in total. The van der Waals surface area contributed by atoms with Crippen molar-refractivity contribution in [1.29, 1.82) is 0 Å². The van der Waals surface area contributed by atoms with Crippen LogP contribution in [-0.2, 0) is 6.61 Å². The SMILES string of the molecule is Cc1occc(=O)c1OCc1noc(C(=O)NC2CC2)n1. The van der Waals surface area contributed by atoms with E-state index in [1.807, 2.05) is 0 Å². The standard InChI is InChI=1S/C13H13N3O5/c1-7-11(9(17)4-5-19-7)20-6-10-15-13(21-16-10)12(18)14-8-2-3-8/h4-5,8H,2-3,6H2,1H3,(H,14,18). The molecule has 0 radical (unpaired) electrons. The molecule has 0 spiro atoms. The molecule has 0 bridgehead atoms. The number of rotatable bonds is 5. The lowest BCUT2D eigenvalue weighted by Gasteiger charge is -2.03. The topological polar surface area (TPSA) is 107 Å². The summed E-state index contributed by atoms with van der Waals surface area (Å²) >= 11 is 0. The number of ether oxygens (including phenoxy) is 1. The van der Waals surface area contributed by atoms with Gasteiger partial charge in [-0.15, -0.1) is 0 Å². The van der Waals surface area contributed by atoms with Gasteiger partial charge >= 0.3 is 11.8 Å². The quantitative estimate of drug-likeness (QED) is 0.868. The molecule has 2 heterocycles. The largest absolute Gasteiger partial charge is 0.478 e. The van der Waals surface area contributed by atoms with Gasteiger partial charge in [0.25, 0.3) is 0 Å². The highest BCUT2D eigenvalue weighted by Crippen LogP contribution is 2.19. The number of hydrogen-bond donors (Lipinski definition) is 1. The molecular formula is C13H13N3O5. The van der Waals surface area contributed by atoms with Gasteiger partial charge < -0.3 is 19.0 Å². The van der Waals surface area contributed by atoms with Crippen molar-refractivity contribution in [3.63, 3.8) is 0 Å². The number of carbonyl (C=O) groups is 1. The highest BCUT2D eigenvalue weighted by atomic mass is 16.5. The Morgan fingerprint density at radius 3 is 3.05 bits per heavy atom. The van der Waals surface area contributed by atoms with Crippen molar-refractivity contribution in [1.82, 2.24) is 15.5 Å². The van der Waals surface area contributed by atoms with Crippen LogP contribution in [0.3, 0.4) is 0 Å². The molecule has 1 aliphatic carbocycles. The van der Waals surface area contributed by atoms with E-state index in [1.54, 1.807) is 6.92 Å². The smallest absolute Gasteiger partial charge is 0.316 e. The zero-order valence-electron chi connectivity index (χ0n) is 11.3. The van der Waals surface area contributed by atoms with Gasteiger partial charge in [-0.05, 0) is 19.8 Å². The average molecular weight is 291 g/mol. The lowest BCUT2D eigenvalue weighted by Crippen LogP contribution is -2.25. The molecule has 0 aliphatic heterocycles. The van der Waals surface area contributed by atoms with Crippen LogP contribution < -0.4 is 15.5 Å². The summed E-state index contributed by atoms with van der Waals surface area (Å²) in [6, 6.07) is 1.47. The molecule has 8 heteroatoms. The van der Waals surface area contributed by atoms with E-state index in [4.69, 9.17) is 13.7 Å². The number of aryl methyl sites for hydroxylation is 1. The van der Waals surface area contributed by atoms with Gasteiger partial charge in [0.15, 0.2) is 6.61 Å². The van der Waals surface area contributed by atoms with Crippen molar-refractivity contribution in [3.8, 4) is 5.75 Å². The van der Waals surface area contributed by atoms with Crippen molar-refractivity contribution < 1.29 is 18.5 Å². The Labute approximate surface area is 119 Å². The molecule has 0 unspecified atom stereocenters. The van der Waals surface area contributed by atoms with Crippen molar-refractivity contribution in [2.24, 2.45) is 0 Å². The number of nitrogens with zero attached hydrogens (tertiary/aromatic N) is 2. The normalized spacial score (nSPS) is 14.0. The molecule has 21 heavy (non-hydrogen) atoms. The van der Waals surface area contributed by atoms with Gasteiger partial charge in [0, 0.05) is 12.1 Å². The van der Waals surface area contributed by atoms with Crippen molar-refractivity contribution >= 4 is 5.91 Å². The Hall–Kier alpha value is -2.64. The number of nitrogens with one attached hydrogen (secondary N) is 1. The molecule has 1 fully saturated rings. The number of carbonyl (C=O) groups excluding carboxylic acids is 1. The maximum atomic E-state index is 11.7. The Morgan fingerprint density at radius 2 is 2.33 bits per heavy atom. The molecular weight excluding hydrogens is 278 g/mol. The second kappa shape index (κ2) is 5.39. The van der Waals surface area contributed by atoms with E-state index in [0.29, 0.717) is 5.76 Å². The predicted molar refractivity (Wildman–Crippen MR) is 68.8 cm³/mol. The first kappa shape index (κ1) is 13.3. The second-order valence-corrected chi connectivity index (χ2v) is 4.72. The fraction of sp³-hybridized carbons (Fsp3) is 0.385. The number of aromatic nitrogens is 2. The molecule has 3 rings (SSSR count). The summed E-state index contributed by atoms with van der Waals surface area (Å²) < 4.78 is 15.2. The molecule has 1 amide bonds. The van der Waals surface area contributed by atoms with Crippen molar-refractivity contribution in [3.05, 3.63) is 40.0 Å². The average Bonchev–Trinajstić information content (AvgIpc) is 3.13. The second-order valence-electron chi connectivity index (χ2n) is 4.72. The summed E-state index contributed by atoms with van der Waals surface area (Å²) in [6.45, 7) is 1.53. The first-order valence-electron chi connectivity index (χ1n) is 6.48. The van der Waals surface area contributed by atoms with Crippen molar-refractivity contribution in [2.75, 3.05) is 0 Å². The summed E-state index contributed by atoms with van der Waals surface area (Å²) in [7, 11) is 0. The third-order valence-electron chi connectivity index (χ3n) is 2.93. The zero-order valence-corrected chi connectivity index (χ0v) is 11.3. The molecule has 0 saturated heterocycles. The highest BCUT2D eigenvalue weighted by Gasteiger charge is 2.26. The van der Waals surface area contributed by atoms with Crippen LogP contribution in [0, 0.1) is 6.92 Å². The van der Waals surface area contributed by atoms with Crippen LogP contribution in [0.15, 0.2) is 26.1 Å². The van der Waals surface area contributed by atoms with Crippen LogP contribution in [-0.4, -0.2) is 22.1 Å². The summed E-state index contributed by atoms with van der Waals surface area (Å²) in [5.41, 5.74) is -0.297. The molecule has 2 aromatic rings. The minimum Gasteiger partial charge on any atom is -0.478 e. The maximum absolute atomic E-state index is 11.7. The molecule has 1 aliphatic rings. The van der Waals surface area contributed by atoms with E-state index in [2.05, 4.69) is 15.5 Å². The molecule has 2 aromatic heterocycles. The van der Waals surface area contributed by atoms with Gasteiger partial charge in [0.2, 0.25) is 17.0 Å². The minimum atomic E-state index is -0.397. The van der Waals surface area contributed by atoms with Crippen LogP contribution in [0.2, 0.25) is 0 Å². The number of hydrogen-bond acceptors (Lipinski definition) is 7. The van der Waals surface area contributed by atoms with E-state index >= 15 is 0 Å². The van der Waals surface area contributed by atoms with Crippen LogP contribution in [0.4, 0.5) is 0 Å². The molecule has 0 atom stereocenters. The van der Waals surface area contributed by atoms with Gasteiger partial charge in [0.1, 0.15) is 5.76 Å². The van der Waals surface area contributed by atoms with Crippen LogP contribution in [0.5, 0.6) is 5.75 Å². The summed E-state index contributed by atoms with van der Waals surface area (Å²) in [5.74, 6) is 0.117. The Kier molecular flexibility index (Phi) is 3.43. The summed E-state index contributed by atoms with van der Waals surface area (Å²) in [5, 5.41) is 6.37. The molecule has 1 saturated carbocycles. The predicted octanol–water partition coefficient (Wildman–Crippen LogP) is 0.802. The van der Waals surface area contributed by atoms with E-state index in [0.717, 1.165) is 12.8 Å². The summed E-state index contributed by atoms with van der Waals surface area (Å²) in [6.07, 6.45) is 3.23. The Bertz CT molecular complexity index is 717. The van der Waals surface area contributed by atoms with Gasteiger partial charge in [-0.1, -0.05) is 5.16 Å².